The molecular formula is C22H16Cl2N2O3. The standard InChI is InChI=1S/C22H16Cl2N2O3/c1-2-28-17-6-4-16(5-7-17)26-22(27)14(13-25)11-18-8-10-21(29-18)19-12-15(23)3-9-20(19)24/h3-12H,2H2,1H3,(H,26,27)/b14-11+. The van der Waals surface area contributed by atoms with Crippen LogP contribution in [0.5, 0.6) is 5.75 Å². The smallest absolute Gasteiger partial charge is 0.266 e. The van der Waals surface area contributed by atoms with E-state index in [1.807, 2.05) is 13.0 Å². The van der Waals surface area contributed by atoms with E-state index in [-0.39, 0.29) is 5.57 Å². The van der Waals surface area contributed by atoms with Crippen LogP contribution in [0, 0.1) is 11.3 Å². The van der Waals surface area contributed by atoms with Crippen molar-refractivity contribution in [2.45, 2.75) is 6.92 Å². The molecule has 0 radical (unpaired) electrons. The highest BCUT2D eigenvalue weighted by Gasteiger charge is 2.13. The maximum atomic E-state index is 12.4. The van der Waals surface area contributed by atoms with Crippen LogP contribution in [0.25, 0.3) is 17.4 Å². The summed E-state index contributed by atoms with van der Waals surface area (Å²) in [7, 11) is 0. The molecule has 146 valence electrons. The van der Waals surface area contributed by atoms with Gasteiger partial charge < -0.3 is 14.5 Å². The third-order valence-corrected chi connectivity index (χ3v) is 4.46. The molecule has 0 spiro atoms. The Morgan fingerprint density at radius 2 is 1.93 bits per heavy atom. The van der Waals surface area contributed by atoms with Crippen molar-refractivity contribution in [3.05, 3.63) is 76.0 Å². The maximum Gasteiger partial charge on any atom is 0.266 e. The van der Waals surface area contributed by atoms with Crippen LogP contribution in [0.4, 0.5) is 5.69 Å². The second-order valence-electron chi connectivity index (χ2n) is 5.91. The number of benzene rings is 2. The second kappa shape index (κ2) is 9.33. The minimum absolute atomic E-state index is 0.100. The zero-order valence-electron chi connectivity index (χ0n) is 15.4. The molecule has 0 aliphatic heterocycles. The zero-order valence-corrected chi connectivity index (χ0v) is 16.9. The predicted octanol–water partition coefficient (Wildman–Crippen LogP) is 6.20. The van der Waals surface area contributed by atoms with Gasteiger partial charge in [0.15, 0.2) is 0 Å². The van der Waals surface area contributed by atoms with Crippen molar-refractivity contribution in [1.29, 1.82) is 5.26 Å². The van der Waals surface area contributed by atoms with E-state index < -0.39 is 5.91 Å². The largest absolute Gasteiger partial charge is 0.494 e. The third kappa shape index (κ3) is 5.20. The minimum Gasteiger partial charge on any atom is -0.494 e. The molecule has 3 aromatic rings. The molecule has 1 aromatic heterocycles. The molecule has 0 saturated heterocycles. The number of halogens is 2. The summed E-state index contributed by atoms with van der Waals surface area (Å²) in [6, 6.07) is 17.1. The van der Waals surface area contributed by atoms with Gasteiger partial charge in [-0.15, -0.1) is 0 Å². The second-order valence-corrected chi connectivity index (χ2v) is 6.75. The normalized spacial score (nSPS) is 11.0. The number of ether oxygens (including phenoxy) is 1. The van der Waals surface area contributed by atoms with Crippen molar-refractivity contribution in [2.75, 3.05) is 11.9 Å². The molecule has 7 heteroatoms. The van der Waals surface area contributed by atoms with Crippen LogP contribution >= 0.6 is 23.2 Å². The van der Waals surface area contributed by atoms with E-state index in [1.165, 1.54) is 6.08 Å². The Morgan fingerprint density at radius 3 is 2.62 bits per heavy atom. The molecule has 0 saturated carbocycles. The molecule has 0 fully saturated rings. The number of hydrogen-bond acceptors (Lipinski definition) is 4. The first-order valence-corrected chi connectivity index (χ1v) is 9.47. The predicted molar refractivity (Wildman–Crippen MR) is 114 cm³/mol. The molecule has 0 aliphatic rings. The van der Waals surface area contributed by atoms with Gasteiger partial charge in [0, 0.05) is 22.3 Å². The zero-order chi connectivity index (χ0) is 20.8. The van der Waals surface area contributed by atoms with Crippen molar-refractivity contribution >= 4 is 40.9 Å². The number of nitriles is 1. The average Bonchev–Trinajstić information content (AvgIpc) is 3.18. The molecule has 29 heavy (non-hydrogen) atoms. The van der Waals surface area contributed by atoms with Gasteiger partial charge >= 0.3 is 0 Å². The fourth-order valence-corrected chi connectivity index (χ4v) is 2.93. The summed E-state index contributed by atoms with van der Waals surface area (Å²) < 4.78 is 11.1. The van der Waals surface area contributed by atoms with Crippen molar-refractivity contribution in [3.63, 3.8) is 0 Å². The first-order valence-electron chi connectivity index (χ1n) is 8.71. The lowest BCUT2D eigenvalue weighted by Gasteiger charge is -2.06. The van der Waals surface area contributed by atoms with Crippen LogP contribution in [-0.2, 0) is 4.79 Å². The number of rotatable bonds is 6. The molecular weight excluding hydrogens is 411 g/mol. The molecule has 1 amide bonds. The molecule has 0 bridgehead atoms. The SMILES string of the molecule is CCOc1ccc(NC(=O)/C(C#N)=C/c2ccc(-c3cc(Cl)ccc3Cl)o2)cc1. The highest BCUT2D eigenvalue weighted by Crippen LogP contribution is 2.32. The van der Waals surface area contributed by atoms with Gasteiger partial charge in [0.2, 0.25) is 0 Å². The molecule has 5 nitrogen and oxygen atoms in total. The van der Waals surface area contributed by atoms with Crippen LogP contribution in [-0.4, -0.2) is 12.5 Å². The highest BCUT2D eigenvalue weighted by atomic mass is 35.5. The van der Waals surface area contributed by atoms with E-state index in [0.29, 0.717) is 45.2 Å². The van der Waals surface area contributed by atoms with Gasteiger partial charge in [0.1, 0.15) is 28.9 Å². The molecule has 1 N–H and O–H groups in total. The number of carbonyl (C=O) groups is 1. The quantitative estimate of drug-likeness (QED) is 0.376. The number of nitrogens with one attached hydrogen (secondary N) is 1. The molecule has 2 aromatic carbocycles. The van der Waals surface area contributed by atoms with E-state index in [9.17, 15) is 10.1 Å². The van der Waals surface area contributed by atoms with Gasteiger partial charge in [-0.05, 0) is 61.5 Å². The van der Waals surface area contributed by atoms with Crippen LogP contribution in [0.15, 0.2) is 64.6 Å². The Hall–Kier alpha value is -3.20. The van der Waals surface area contributed by atoms with Crippen LogP contribution in [0.3, 0.4) is 0 Å². The minimum atomic E-state index is -0.546. The van der Waals surface area contributed by atoms with E-state index in [1.54, 1.807) is 54.6 Å². The average molecular weight is 427 g/mol. The molecule has 0 aliphatic carbocycles. The van der Waals surface area contributed by atoms with Crippen molar-refractivity contribution in [2.24, 2.45) is 0 Å². The lowest BCUT2D eigenvalue weighted by atomic mass is 10.2. The number of carbonyl (C=O) groups excluding carboxylic acids is 1. The number of nitrogens with zero attached hydrogens (tertiary/aromatic N) is 1. The fraction of sp³-hybridized carbons (Fsp3) is 0.0909. The van der Waals surface area contributed by atoms with Gasteiger partial charge in [-0.25, -0.2) is 0 Å². The van der Waals surface area contributed by atoms with E-state index >= 15 is 0 Å². The molecule has 3 rings (SSSR count). The Labute approximate surface area is 178 Å². The van der Waals surface area contributed by atoms with Crippen LogP contribution in [0.2, 0.25) is 10.0 Å². The Morgan fingerprint density at radius 1 is 1.17 bits per heavy atom. The van der Waals surface area contributed by atoms with Gasteiger partial charge in [0.25, 0.3) is 5.91 Å². The number of anilines is 1. The summed E-state index contributed by atoms with van der Waals surface area (Å²) in [5.41, 5.74) is 1.07. The van der Waals surface area contributed by atoms with Crippen molar-refractivity contribution in [1.82, 2.24) is 0 Å². The summed E-state index contributed by atoms with van der Waals surface area (Å²) in [5.74, 6) is 0.974. The Bertz CT molecular complexity index is 1100. The van der Waals surface area contributed by atoms with Crippen molar-refractivity contribution in [3.8, 4) is 23.1 Å². The topological polar surface area (TPSA) is 75.3 Å². The first kappa shape index (κ1) is 20.5. The van der Waals surface area contributed by atoms with Gasteiger partial charge in [-0.3, -0.25) is 4.79 Å². The van der Waals surface area contributed by atoms with Crippen LogP contribution in [0.1, 0.15) is 12.7 Å². The maximum absolute atomic E-state index is 12.4. The lowest BCUT2D eigenvalue weighted by Crippen LogP contribution is -2.13. The number of hydrogen-bond donors (Lipinski definition) is 1. The van der Waals surface area contributed by atoms with Crippen LogP contribution < -0.4 is 10.1 Å². The first-order chi connectivity index (χ1) is 14.0. The van der Waals surface area contributed by atoms with E-state index in [4.69, 9.17) is 32.4 Å². The number of amides is 1. The van der Waals surface area contributed by atoms with Gasteiger partial charge in [0.05, 0.1) is 11.6 Å². The molecule has 0 atom stereocenters. The summed E-state index contributed by atoms with van der Waals surface area (Å²) in [6.45, 7) is 2.44. The Balaban J connectivity index is 1.77. The van der Waals surface area contributed by atoms with Crippen molar-refractivity contribution < 1.29 is 13.9 Å². The lowest BCUT2D eigenvalue weighted by molar-refractivity contribution is -0.112. The van der Waals surface area contributed by atoms with E-state index in [0.717, 1.165) is 0 Å². The summed E-state index contributed by atoms with van der Waals surface area (Å²) in [4.78, 5) is 12.4. The number of furan rings is 1. The summed E-state index contributed by atoms with van der Waals surface area (Å²) in [5, 5.41) is 13.0. The summed E-state index contributed by atoms with van der Waals surface area (Å²) >= 11 is 12.2. The van der Waals surface area contributed by atoms with Gasteiger partial charge in [-0.2, -0.15) is 5.26 Å². The third-order valence-electron chi connectivity index (χ3n) is 3.90. The monoisotopic (exact) mass is 426 g/mol. The Kier molecular flexibility index (Phi) is 6.61. The van der Waals surface area contributed by atoms with E-state index in [2.05, 4.69) is 5.32 Å². The fourth-order valence-electron chi connectivity index (χ4n) is 2.55. The van der Waals surface area contributed by atoms with Gasteiger partial charge in [-0.1, -0.05) is 23.2 Å². The highest BCUT2D eigenvalue weighted by molar-refractivity contribution is 6.35. The molecule has 0 unspecified atom stereocenters. The molecule has 1 heterocycles. The summed E-state index contributed by atoms with van der Waals surface area (Å²) in [6.07, 6.45) is 1.37.